The molecule has 1 heterocycles. The first-order valence-electron chi connectivity index (χ1n) is 14.4. The van der Waals surface area contributed by atoms with Crippen LogP contribution in [0, 0.1) is 0 Å². The lowest BCUT2D eigenvalue weighted by Gasteiger charge is -2.49. The number of hydroxylamine groups is 1. The van der Waals surface area contributed by atoms with E-state index in [2.05, 4.69) is 10.2 Å². The van der Waals surface area contributed by atoms with Crippen LogP contribution in [0.5, 0.6) is 5.75 Å². The Morgan fingerprint density at radius 1 is 1.04 bits per heavy atom. The highest BCUT2D eigenvalue weighted by atomic mass is 35.5. The molecule has 2 aliphatic rings. The second-order valence-corrected chi connectivity index (χ2v) is 13.4. The van der Waals surface area contributed by atoms with E-state index in [0.29, 0.717) is 45.9 Å². The smallest absolute Gasteiger partial charge is 0.335 e. The van der Waals surface area contributed by atoms with Crippen molar-refractivity contribution < 1.29 is 37.5 Å². The number of rotatable bonds is 10. The van der Waals surface area contributed by atoms with Crippen molar-refractivity contribution in [3.63, 3.8) is 0 Å². The standard InChI is InChI=1S/C32H34ClN3O8S/c1-43-27-16-13-20(32(39)40)17-21(27)18-44-34-30(37)28-23-7-3-4-8-24(23)31(38)36(29(28)19-11-14-22(33)15-12-19)26-10-6-5-9-25(26)35-45(2,41)42/h3-4,7-8,11-17,25-26,28-29,35H,5-6,9-10,18H2,1-2H3,(H,34,37)(H,39,40)/t25-,26-,28+,29-/m0/s1. The molecule has 3 aromatic rings. The fourth-order valence-corrected chi connectivity index (χ4v) is 7.29. The maximum Gasteiger partial charge on any atom is 0.335 e. The number of carboxylic acid groups (broad SMARTS) is 1. The number of benzene rings is 3. The molecule has 0 aromatic heterocycles. The van der Waals surface area contributed by atoms with Crippen LogP contribution < -0.4 is 14.9 Å². The SMILES string of the molecule is COc1ccc(C(=O)O)cc1CONC(=O)[C@@H]1c2ccccc2C(=O)N([C@H]2CCCC[C@@H]2NS(C)(=O)=O)[C@H]1c1ccc(Cl)cc1. The molecule has 0 spiro atoms. The van der Waals surface area contributed by atoms with E-state index in [4.69, 9.17) is 21.2 Å². The second-order valence-electron chi connectivity index (χ2n) is 11.2. The van der Waals surface area contributed by atoms with Gasteiger partial charge in [0.25, 0.3) is 11.8 Å². The van der Waals surface area contributed by atoms with Gasteiger partial charge in [-0.15, -0.1) is 0 Å². The zero-order valence-corrected chi connectivity index (χ0v) is 26.3. The van der Waals surface area contributed by atoms with Gasteiger partial charge in [-0.05, 0) is 60.4 Å². The van der Waals surface area contributed by atoms with Crippen LogP contribution in [0.4, 0.5) is 0 Å². The van der Waals surface area contributed by atoms with Crippen molar-refractivity contribution in [3.8, 4) is 5.75 Å². The summed E-state index contributed by atoms with van der Waals surface area (Å²) in [4.78, 5) is 47.2. The van der Waals surface area contributed by atoms with Crippen LogP contribution in [0.3, 0.4) is 0 Å². The van der Waals surface area contributed by atoms with Gasteiger partial charge >= 0.3 is 5.97 Å². The highest BCUT2D eigenvalue weighted by Gasteiger charge is 2.49. The van der Waals surface area contributed by atoms with Crippen molar-refractivity contribution in [1.82, 2.24) is 15.1 Å². The number of nitrogens with one attached hydrogen (secondary N) is 2. The van der Waals surface area contributed by atoms with E-state index in [1.165, 1.54) is 25.3 Å². The summed E-state index contributed by atoms with van der Waals surface area (Å²) in [6.07, 6.45) is 3.74. The van der Waals surface area contributed by atoms with Gasteiger partial charge in [0.05, 0.1) is 30.9 Å². The maximum atomic E-state index is 14.3. The Hall–Kier alpha value is -3.97. The van der Waals surface area contributed by atoms with Gasteiger partial charge in [0.2, 0.25) is 10.0 Å². The first-order chi connectivity index (χ1) is 21.5. The Labute approximate surface area is 266 Å². The van der Waals surface area contributed by atoms with Gasteiger partial charge < -0.3 is 14.7 Å². The third-order valence-corrected chi connectivity index (χ3v) is 9.23. The van der Waals surface area contributed by atoms with Crippen LogP contribution >= 0.6 is 11.6 Å². The van der Waals surface area contributed by atoms with Crippen molar-refractivity contribution in [3.05, 3.63) is 99.6 Å². The van der Waals surface area contributed by atoms with Gasteiger partial charge in [0, 0.05) is 28.2 Å². The van der Waals surface area contributed by atoms with Crippen LogP contribution in [-0.4, -0.2) is 61.7 Å². The second kappa shape index (κ2) is 13.6. The van der Waals surface area contributed by atoms with Gasteiger partial charge in [-0.2, -0.15) is 0 Å². The molecule has 1 aliphatic heterocycles. The Bertz CT molecular complexity index is 1700. The van der Waals surface area contributed by atoms with Crippen LogP contribution in [0.15, 0.2) is 66.7 Å². The molecule has 13 heteroatoms. The van der Waals surface area contributed by atoms with E-state index in [1.54, 1.807) is 53.4 Å². The lowest BCUT2D eigenvalue weighted by atomic mass is 9.76. The molecule has 0 bridgehead atoms. The van der Waals surface area contributed by atoms with Gasteiger partial charge in [-0.1, -0.05) is 54.8 Å². The van der Waals surface area contributed by atoms with E-state index < -0.39 is 45.9 Å². The van der Waals surface area contributed by atoms with Crippen LogP contribution in [-0.2, 0) is 26.3 Å². The molecule has 1 saturated carbocycles. The molecule has 1 fully saturated rings. The number of nitrogens with zero attached hydrogens (tertiary/aromatic N) is 1. The molecule has 4 atom stereocenters. The van der Waals surface area contributed by atoms with Gasteiger partial charge in [-0.3, -0.25) is 14.4 Å². The van der Waals surface area contributed by atoms with Gasteiger partial charge in [-0.25, -0.2) is 23.4 Å². The Morgan fingerprint density at radius 3 is 2.44 bits per heavy atom. The molecule has 0 radical (unpaired) electrons. The highest BCUT2D eigenvalue weighted by molar-refractivity contribution is 7.88. The normalized spacial score (nSPS) is 21.6. The zero-order chi connectivity index (χ0) is 32.3. The molecule has 11 nitrogen and oxygen atoms in total. The summed E-state index contributed by atoms with van der Waals surface area (Å²) in [5, 5.41) is 9.89. The predicted molar refractivity (Wildman–Crippen MR) is 166 cm³/mol. The number of fused-ring (bicyclic) bond motifs is 1. The Kier molecular flexibility index (Phi) is 9.78. The minimum atomic E-state index is -3.60. The molecule has 45 heavy (non-hydrogen) atoms. The van der Waals surface area contributed by atoms with Crippen molar-refractivity contribution >= 4 is 39.4 Å². The Morgan fingerprint density at radius 2 is 1.76 bits per heavy atom. The average molecular weight is 656 g/mol. The number of sulfonamides is 1. The molecule has 3 aromatic carbocycles. The minimum Gasteiger partial charge on any atom is -0.496 e. The first-order valence-corrected chi connectivity index (χ1v) is 16.7. The number of carbonyl (C=O) groups excluding carboxylic acids is 2. The fourth-order valence-electron chi connectivity index (χ4n) is 6.34. The van der Waals surface area contributed by atoms with Gasteiger partial charge in [0.15, 0.2) is 0 Å². The van der Waals surface area contributed by atoms with Crippen LogP contribution in [0.1, 0.15) is 75.0 Å². The summed E-state index contributed by atoms with van der Waals surface area (Å²) in [7, 11) is -2.15. The van der Waals surface area contributed by atoms with E-state index >= 15 is 0 Å². The fraction of sp³-hybridized carbons (Fsp3) is 0.344. The topological polar surface area (TPSA) is 151 Å². The number of ether oxygens (including phenoxy) is 1. The summed E-state index contributed by atoms with van der Waals surface area (Å²) < 4.78 is 32.8. The quantitative estimate of drug-likeness (QED) is 0.271. The van der Waals surface area contributed by atoms with Crippen molar-refractivity contribution in [2.45, 2.75) is 56.3 Å². The molecule has 5 rings (SSSR count). The molecule has 1 aliphatic carbocycles. The van der Waals surface area contributed by atoms with Crippen molar-refractivity contribution in [1.29, 1.82) is 0 Å². The monoisotopic (exact) mass is 655 g/mol. The number of carboxylic acids is 1. The number of hydrogen-bond acceptors (Lipinski definition) is 7. The first kappa shape index (κ1) is 32.4. The van der Waals surface area contributed by atoms with Crippen LogP contribution in [0.2, 0.25) is 5.02 Å². The number of aromatic carboxylic acids is 1. The third-order valence-electron chi connectivity index (χ3n) is 8.25. The third kappa shape index (κ3) is 7.14. The van der Waals surface area contributed by atoms with E-state index in [9.17, 15) is 27.9 Å². The number of methoxy groups -OCH3 is 1. The molecular weight excluding hydrogens is 622 g/mol. The zero-order valence-electron chi connectivity index (χ0n) is 24.7. The molecule has 3 N–H and O–H groups in total. The lowest BCUT2D eigenvalue weighted by Crippen LogP contribution is -2.59. The summed E-state index contributed by atoms with van der Waals surface area (Å²) >= 11 is 6.22. The van der Waals surface area contributed by atoms with Crippen molar-refractivity contribution in [2.24, 2.45) is 0 Å². The lowest BCUT2D eigenvalue weighted by molar-refractivity contribution is -0.138. The summed E-state index contributed by atoms with van der Waals surface area (Å²) in [6, 6.07) is 16.1. The maximum absolute atomic E-state index is 14.3. The number of carbonyl (C=O) groups is 3. The van der Waals surface area contributed by atoms with E-state index in [-0.39, 0.29) is 18.1 Å². The van der Waals surface area contributed by atoms with Gasteiger partial charge in [0.1, 0.15) is 12.4 Å². The Balaban J connectivity index is 1.54. The van der Waals surface area contributed by atoms with E-state index in [0.717, 1.165) is 19.1 Å². The number of halogens is 1. The predicted octanol–water partition coefficient (Wildman–Crippen LogP) is 4.44. The molecule has 0 unspecified atom stereocenters. The molecule has 0 saturated heterocycles. The number of amides is 2. The molecule has 238 valence electrons. The summed E-state index contributed by atoms with van der Waals surface area (Å²) in [5.74, 6) is -2.54. The van der Waals surface area contributed by atoms with Crippen LogP contribution in [0.25, 0.3) is 0 Å². The van der Waals surface area contributed by atoms with Crippen molar-refractivity contribution in [2.75, 3.05) is 13.4 Å². The summed E-state index contributed by atoms with van der Waals surface area (Å²) in [5.41, 5.74) is 4.43. The average Bonchev–Trinajstić information content (AvgIpc) is 3.01. The summed E-state index contributed by atoms with van der Waals surface area (Å²) in [6.45, 7) is -0.193. The minimum absolute atomic E-state index is 0.0311. The number of hydrogen-bond donors (Lipinski definition) is 3. The highest BCUT2D eigenvalue weighted by Crippen LogP contribution is 2.46. The molecule has 2 amide bonds. The molecular formula is C32H34ClN3O8S. The van der Waals surface area contributed by atoms with E-state index in [1.807, 2.05) is 0 Å². The largest absolute Gasteiger partial charge is 0.496 e.